The summed E-state index contributed by atoms with van der Waals surface area (Å²) in [5.74, 6) is -0.417. The zero-order valence-electron chi connectivity index (χ0n) is 14.3. The molecule has 1 heterocycles. The highest BCUT2D eigenvalue weighted by molar-refractivity contribution is 7.98. The third kappa shape index (κ3) is 6.23. The Hall–Kier alpha value is -2.10. The van der Waals surface area contributed by atoms with Crippen LogP contribution in [0.5, 0.6) is 0 Å². The number of ether oxygens (including phenoxy) is 1. The van der Waals surface area contributed by atoms with Crippen LogP contribution in [0.15, 0.2) is 35.7 Å². The van der Waals surface area contributed by atoms with Crippen molar-refractivity contribution in [2.75, 3.05) is 12.0 Å². The van der Waals surface area contributed by atoms with E-state index in [1.54, 1.807) is 29.6 Å². The van der Waals surface area contributed by atoms with Gasteiger partial charge in [-0.25, -0.2) is 4.79 Å². The smallest absolute Gasteiger partial charge is 0.329 e. The fraction of sp³-hybridized carbons (Fsp3) is 0.294. The highest BCUT2D eigenvalue weighted by Crippen LogP contribution is 2.23. The molecule has 1 aromatic carbocycles. The number of nitrogens with zero attached hydrogens (tertiary/aromatic N) is 1. The number of rotatable bonds is 9. The van der Waals surface area contributed by atoms with Crippen molar-refractivity contribution >= 4 is 51.6 Å². The number of carbonyl (C=O) groups is 2. The van der Waals surface area contributed by atoms with Crippen LogP contribution < -0.4 is 5.32 Å². The van der Waals surface area contributed by atoms with Crippen LogP contribution in [0.1, 0.15) is 22.3 Å². The minimum Gasteiger partial charge on any atom is -0.459 e. The first-order chi connectivity index (χ1) is 12.9. The van der Waals surface area contributed by atoms with Crippen LogP contribution >= 0.6 is 34.7 Å². The van der Waals surface area contributed by atoms with Crippen LogP contribution in [0, 0.1) is 10.1 Å². The SMILES string of the molecule is CSCCC(NC(=O)c1ccccc1Cl)C(=O)OCc1csc([N+](=O)[O-])c1. The van der Waals surface area contributed by atoms with Gasteiger partial charge < -0.3 is 10.1 Å². The molecule has 0 aliphatic rings. The van der Waals surface area contributed by atoms with E-state index < -0.39 is 22.8 Å². The normalized spacial score (nSPS) is 11.6. The van der Waals surface area contributed by atoms with E-state index in [0.29, 0.717) is 17.7 Å². The number of nitro groups is 1. The molecule has 144 valence electrons. The first-order valence-corrected chi connectivity index (χ1v) is 10.5. The average molecular weight is 429 g/mol. The van der Waals surface area contributed by atoms with Gasteiger partial charge in [0, 0.05) is 17.0 Å². The number of esters is 1. The van der Waals surface area contributed by atoms with E-state index in [4.69, 9.17) is 16.3 Å². The largest absolute Gasteiger partial charge is 0.459 e. The number of benzene rings is 1. The summed E-state index contributed by atoms with van der Waals surface area (Å²) >= 11 is 8.52. The number of thioether (sulfide) groups is 1. The van der Waals surface area contributed by atoms with Crippen molar-refractivity contribution in [2.45, 2.75) is 19.1 Å². The van der Waals surface area contributed by atoms with Crippen LogP contribution in [-0.4, -0.2) is 34.9 Å². The Labute approximate surface area is 169 Å². The third-order valence-corrected chi connectivity index (χ3v) is 5.42. The Kier molecular flexibility index (Phi) is 8.08. The van der Waals surface area contributed by atoms with Crippen LogP contribution in [0.3, 0.4) is 0 Å². The maximum absolute atomic E-state index is 12.4. The van der Waals surface area contributed by atoms with E-state index in [9.17, 15) is 19.7 Å². The molecular weight excluding hydrogens is 412 g/mol. The first kappa shape index (κ1) is 21.2. The van der Waals surface area contributed by atoms with Gasteiger partial charge in [-0.2, -0.15) is 11.8 Å². The fourth-order valence-corrected chi connectivity index (χ4v) is 3.56. The molecule has 0 fully saturated rings. The van der Waals surface area contributed by atoms with Gasteiger partial charge in [-0.05, 0) is 30.6 Å². The zero-order chi connectivity index (χ0) is 19.8. The fourth-order valence-electron chi connectivity index (χ4n) is 2.16. The Morgan fingerprint density at radius 2 is 2.15 bits per heavy atom. The van der Waals surface area contributed by atoms with Gasteiger partial charge in [-0.3, -0.25) is 14.9 Å². The van der Waals surface area contributed by atoms with Crippen molar-refractivity contribution in [3.8, 4) is 0 Å². The Bertz CT molecular complexity index is 827. The molecule has 0 bridgehead atoms. The molecule has 27 heavy (non-hydrogen) atoms. The van der Waals surface area contributed by atoms with E-state index in [2.05, 4.69) is 5.32 Å². The van der Waals surface area contributed by atoms with E-state index in [1.807, 2.05) is 6.26 Å². The van der Waals surface area contributed by atoms with Gasteiger partial charge in [0.15, 0.2) is 0 Å². The Morgan fingerprint density at radius 1 is 1.41 bits per heavy atom. The summed E-state index contributed by atoms with van der Waals surface area (Å²) in [4.78, 5) is 35.0. The molecule has 2 aromatic rings. The molecule has 2 rings (SSSR count). The van der Waals surface area contributed by atoms with Gasteiger partial charge in [0.2, 0.25) is 0 Å². The number of amides is 1. The Morgan fingerprint density at radius 3 is 2.78 bits per heavy atom. The number of nitrogens with one attached hydrogen (secondary N) is 1. The molecule has 7 nitrogen and oxygen atoms in total. The van der Waals surface area contributed by atoms with Crippen molar-refractivity contribution in [3.05, 3.63) is 62.0 Å². The predicted molar refractivity (Wildman–Crippen MR) is 106 cm³/mol. The number of hydrogen-bond acceptors (Lipinski definition) is 7. The summed E-state index contributed by atoms with van der Waals surface area (Å²) < 4.78 is 5.24. The summed E-state index contributed by atoms with van der Waals surface area (Å²) in [6, 6.07) is 7.07. The zero-order valence-corrected chi connectivity index (χ0v) is 16.7. The molecule has 0 spiro atoms. The standard InChI is InChI=1S/C17H17ClN2O5S2/c1-26-7-6-14(19-16(21)12-4-2-3-5-13(12)18)17(22)25-9-11-8-15(20(23)24)27-10-11/h2-5,8,10,14H,6-7,9H2,1H3,(H,19,21). The highest BCUT2D eigenvalue weighted by Gasteiger charge is 2.24. The summed E-state index contributed by atoms with van der Waals surface area (Å²) in [6.45, 7) is -0.0963. The second-order valence-corrected chi connectivity index (χ2v) is 7.73. The van der Waals surface area contributed by atoms with Gasteiger partial charge in [0.05, 0.1) is 15.5 Å². The first-order valence-electron chi connectivity index (χ1n) is 7.85. The average Bonchev–Trinajstić information content (AvgIpc) is 3.12. The number of halogens is 1. The molecule has 0 aliphatic heterocycles. The topological polar surface area (TPSA) is 98.5 Å². The summed E-state index contributed by atoms with van der Waals surface area (Å²) in [5, 5.41) is 15.2. The van der Waals surface area contributed by atoms with Gasteiger partial charge in [0.25, 0.3) is 5.91 Å². The minimum absolute atomic E-state index is 0.0213. The van der Waals surface area contributed by atoms with E-state index in [1.165, 1.54) is 17.8 Å². The van der Waals surface area contributed by atoms with E-state index in [-0.39, 0.29) is 22.2 Å². The summed E-state index contributed by atoms with van der Waals surface area (Å²) in [5.41, 5.74) is 0.802. The van der Waals surface area contributed by atoms with E-state index in [0.717, 1.165) is 11.3 Å². The van der Waals surface area contributed by atoms with E-state index >= 15 is 0 Å². The lowest BCUT2D eigenvalue weighted by Crippen LogP contribution is -2.42. The number of carbonyl (C=O) groups excluding carboxylic acids is 2. The molecule has 10 heteroatoms. The number of thiophene rings is 1. The van der Waals surface area contributed by atoms with Crippen molar-refractivity contribution in [3.63, 3.8) is 0 Å². The van der Waals surface area contributed by atoms with Crippen LogP contribution in [0.2, 0.25) is 5.02 Å². The maximum atomic E-state index is 12.4. The van der Waals surface area contributed by atoms with Crippen molar-refractivity contribution in [1.29, 1.82) is 0 Å². The lowest BCUT2D eigenvalue weighted by Gasteiger charge is -2.17. The van der Waals surface area contributed by atoms with Crippen molar-refractivity contribution in [1.82, 2.24) is 5.32 Å². The molecule has 0 radical (unpaired) electrons. The van der Waals surface area contributed by atoms with Crippen LogP contribution in [0.25, 0.3) is 0 Å². The van der Waals surface area contributed by atoms with Crippen molar-refractivity contribution in [2.24, 2.45) is 0 Å². The quantitative estimate of drug-likeness (QED) is 0.369. The predicted octanol–water partition coefficient (Wildman–Crippen LogP) is 3.90. The molecule has 0 saturated heterocycles. The monoisotopic (exact) mass is 428 g/mol. The van der Waals surface area contributed by atoms with Gasteiger partial charge in [-0.1, -0.05) is 35.1 Å². The molecule has 1 N–H and O–H groups in total. The van der Waals surface area contributed by atoms with Gasteiger partial charge in [0.1, 0.15) is 12.6 Å². The van der Waals surface area contributed by atoms with Gasteiger partial charge in [-0.15, -0.1) is 0 Å². The second kappa shape index (κ2) is 10.3. The molecule has 1 aromatic heterocycles. The Balaban J connectivity index is 2.01. The minimum atomic E-state index is -0.838. The van der Waals surface area contributed by atoms with Crippen LogP contribution in [0.4, 0.5) is 5.00 Å². The highest BCUT2D eigenvalue weighted by atomic mass is 35.5. The maximum Gasteiger partial charge on any atom is 0.329 e. The summed E-state index contributed by atoms with van der Waals surface area (Å²) in [7, 11) is 0. The molecule has 1 amide bonds. The van der Waals surface area contributed by atoms with Gasteiger partial charge >= 0.3 is 11.0 Å². The van der Waals surface area contributed by atoms with Crippen LogP contribution in [-0.2, 0) is 16.1 Å². The summed E-state index contributed by atoms with van der Waals surface area (Å²) in [6.07, 6.45) is 2.28. The lowest BCUT2D eigenvalue weighted by atomic mass is 10.1. The number of hydrogen-bond donors (Lipinski definition) is 1. The molecule has 1 unspecified atom stereocenters. The van der Waals surface area contributed by atoms with Crippen molar-refractivity contribution < 1.29 is 19.2 Å². The lowest BCUT2D eigenvalue weighted by molar-refractivity contribution is -0.380. The molecule has 0 saturated carbocycles. The molecule has 1 atom stereocenters. The second-order valence-electron chi connectivity index (χ2n) is 5.45. The molecule has 0 aliphatic carbocycles. The molecular formula is C17H17ClN2O5S2. The third-order valence-electron chi connectivity index (χ3n) is 3.52.